The molecular formula is C10H7F2NO2. The first-order chi connectivity index (χ1) is 6.99. The van der Waals surface area contributed by atoms with Crippen LogP contribution in [0.3, 0.4) is 0 Å². The lowest BCUT2D eigenvalue weighted by Crippen LogP contribution is -2.05. The van der Waals surface area contributed by atoms with Crippen molar-refractivity contribution in [1.82, 2.24) is 0 Å². The molecule has 0 atom stereocenters. The van der Waals surface area contributed by atoms with Crippen molar-refractivity contribution < 1.29 is 18.7 Å². The molecule has 0 aliphatic rings. The monoisotopic (exact) mass is 211 g/mol. The van der Waals surface area contributed by atoms with Crippen molar-refractivity contribution in [3.63, 3.8) is 0 Å². The number of rotatable bonds is 2. The van der Waals surface area contributed by atoms with Crippen LogP contribution in [0.2, 0.25) is 0 Å². The molecule has 0 saturated heterocycles. The van der Waals surface area contributed by atoms with Crippen molar-refractivity contribution in [3.8, 4) is 6.07 Å². The Morgan fingerprint density at radius 3 is 2.53 bits per heavy atom. The largest absolute Gasteiger partial charge is 0.478 e. The predicted octanol–water partition coefficient (Wildman–Crippen LogP) is 2.50. The van der Waals surface area contributed by atoms with Crippen LogP contribution in [0.15, 0.2) is 12.1 Å². The molecule has 0 aliphatic carbocycles. The summed E-state index contributed by atoms with van der Waals surface area (Å²) in [6.45, 7) is 1.27. The average molecular weight is 211 g/mol. The lowest BCUT2D eigenvalue weighted by molar-refractivity contribution is 0.0695. The fraction of sp³-hybridized carbons (Fsp3) is 0.200. The summed E-state index contributed by atoms with van der Waals surface area (Å²) in [5.41, 5.74) is -0.953. The van der Waals surface area contributed by atoms with Crippen molar-refractivity contribution in [1.29, 1.82) is 5.26 Å². The highest BCUT2D eigenvalue weighted by atomic mass is 19.3. The van der Waals surface area contributed by atoms with Gasteiger partial charge in [0.1, 0.15) is 0 Å². The normalized spacial score (nSPS) is 10.1. The maximum atomic E-state index is 12.6. The van der Waals surface area contributed by atoms with Gasteiger partial charge < -0.3 is 5.11 Å². The van der Waals surface area contributed by atoms with E-state index in [-0.39, 0.29) is 16.7 Å². The number of nitrogens with zero attached hydrogens (tertiary/aromatic N) is 1. The zero-order valence-electron chi connectivity index (χ0n) is 7.79. The van der Waals surface area contributed by atoms with Gasteiger partial charge in [0.25, 0.3) is 6.43 Å². The third-order valence-electron chi connectivity index (χ3n) is 2.08. The van der Waals surface area contributed by atoms with Gasteiger partial charge in [-0.25, -0.2) is 13.6 Å². The zero-order chi connectivity index (χ0) is 11.6. The maximum Gasteiger partial charge on any atom is 0.335 e. The minimum atomic E-state index is -2.85. The molecule has 1 aromatic carbocycles. The van der Waals surface area contributed by atoms with Crippen LogP contribution in [-0.2, 0) is 0 Å². The third kappa shape index (κ3) is 1.94. The van der Waals surface area contributed by atoms with E-state index in [0.29, 0.717) is 0 Å². The molecular weight excluding hydrogens is 204 g/mol. The standard InChI is InChI=1S/C10H7F2NO2/c1-5-7(10(14)15)3-2-6(4-13)8(5)9(11)12/h2-3,9H,1H3,(H,14,15). The Hall–Kier alpha value is -1.96. The Balaban J connectivity index is 3.51. The highest BCUT2D eigenvalue weighted by molar-refractivity contribution is 5.90. The summed E-state index contributed by atoms with van der Waals surface area (Å²) in [6, 6.07) is 3.86. The van der Waals surface area contributed by atoms with Gasteiger partial charge in [-0.15, -0.1) is 0 Å². The van der Waals surface area contributed by atoms with Gasteiger partial charge in [-0.1, -0.05) is 0 Å². The number of aromatic carboxylic acids is 1. The predicted molar refractivity (Wildman–Crippen MR) is 47.8 cm³/mol. The van der Waals surface area contributed by atoms with Gasteiger partial charge in [-0.05, 0) is 24.6 Å². The lowest BCUT2D eigenvalue weighted by atomic mass is 9.98. The fourth-order valence-electron chi connectivity index (χ4n) is 1.34. The van der Waals surface area contributed by atoms with E-state index in [9.17, 15) is 13.6 Å². The van der Waals surface area contributed by atoms with Crippen LogP contribution in [0.25, 0.3) is 0 Å². The number of hydrogen-bond acceptors (Lipinski definition) is 2. The molecule has 0 heterocycles. The summed E-state index contributed by atoms with van der Waals surface area (Å²) in [5, 5.41) is 17.3. The third-order valence-corrected chi connectivity index (χ3v) is 2.08. The van der Waals surface area contributed by atoms with E-state index in [1.165, 1.54) is 6.92 Å². The molecule has 0 aliphatic heterocycles. The van der Waals surface area contributed by atoms with Gasteiger partial charge in [-0.3, -0.25) is 0 Å². The van der Waals surface area contributed by atoms with Crippen molar-refractivity contribution in [2.45, 2.75) is 13.3 Å². The van der Waals surface area contributed by atoms with Gasteiger partial charge >= 0.3 is 5.97 Å². The first kappa shape index (κ1) is 11.1. The topological polar surface area (TPSA) is 61.1 Å². The second-order valence-corrected chi connectivity index (χ2v) is 2.92. The van der Waals surface area contributed by atoms with Crippen LogP contribution in [0.1, 0.15) is 33.5 Å². The highest BCUT2D eigenvalue weighted by Gasteiger charge is 2.20. The maximum absolute atomic E-state index is 12.6. The summed E-state index contributed by atoms with van der Waals surface area (Å²) < 4.78 is 25.1. The van der Waals surface area contributed by atoms with Crippen molar-refractivity contribution >= 4 is 5.97 Å². The first-order valence-electron chi connectivity index (χ1n) is 4.04. The number of carboxylic acid groups (broad SMARTS) is 1. The molecule has 0 fully saturated rings. The van der Waals surface area contributed by atoms with E-state index < -0.39 is 18.0 Å². The number of alkyl halides is 2. The number of hydrogen-bond donors (Lipinski definition) is 1. The number of carboxylic acids is 1. The quantitative estimate of drug-likeness (QED) is 0.817. The zero-order valence-corrected chi connectivity index (χ0v) is 7.79. The molecule has 0 aromatic heterocycles. The number of nitriles is 1. The number of carbonyl (C=O) groups is 1. The van der Waals surface area contributed by atoms with Crippen LogP contribution < -0.4 is 0 Å². The summed E-state index contributed by atoms with van der Waals surface area (Å²) in [5.74, 6) is -1.28. The molecule has 3 nitrogen and oxygen atoms in total. The number of benzene rings is 1. The van der Waals surface area contributed by atoms with Crippen LogP contribution in [0, 0.1) is 18.3 Å². The molecule has 0 bridgehead atoms. The van der Waals surface area contributed by atoms with Crippen LogP contribution in [0.4, 0.5) is 8.78 Å². The van der Waals surface area contributed by atoms with Gasteiger partial charge in [0.2, 0.25) is 0 Å². The summed E-state index contributed by atoms with van der Waals surface area (Å²) in [4.78, 5) is 10.7. The van der Waals surface area contributed by atoms with Gasteiger partial charge in [0, 0.05) is 5.56 Å². The van der Waals surface area contributed by atoms with E-state index >= 15 is 0 Å². The van der Waals surface area contributed by atoms with Crippen LogP contribution in [-0.4, -0.2) is 11.1 Å². The first-order valence-corrected chi connectivity index (χ1v) is 4.04. The molecule has 5 heteroatoms. The molecule has 0 unspecified atom stereocenters. The fourth-order valence-corrected chi connectivity index (χ4v) is 1.34. The molecule has 1 aromatic rings. The molecule has 78 valence electrons. The smallest absolute Gasteiger partial charge is 0.335 e. The summed E-state index contributed by atoms with van der Waals surface area (Å²) in [6.07, 6.45) is -2.85. The van der Waals surface area contributed by atoms with Gasteiger partial charge in [0.05, 0.1) is 17.2 Å². The Labute approximate surface area is 84.6 Å². The molecule has 1 rings (SSSR count). The van der Waals surface area contributed by atoms with Crippen molar-refractivity contribution in [3.05, 3.63) is 34.4 Å². The van der Waals surface area contributed by atoms with E-state index in [2.05, 4.69) is 0 Å². The van der Waals surface area contributed by atoms with Crippen molar-refractivity contribution in [2.75, 3.05) is 0 Å². The lowest BCUT2D eigenvalue weighted by Gasteiger charge is -2.09. The Morgan fingerprint density at radius 1 is 1.53 bits per heavy atom. The summed E-state index contributed by atoms with van der Waals surface area (Å²) in [7, 11) is 0. The van der Waals surface area contributed by atoms with E-state index in [0.717, 1.165) is 12.1 Å². The Bertz CT molecular complexity index is 449. The molecule has 0 saturated carbocycles. The molecule has 0 amide bonds. The van der Waals surface area contributed by atoms with Gasteiger partial charge in [-0.2, -0.15) is 5.26 Å². The molecule has 15 heavy (non-hydrogen) atoms. The molecule has 1 N–H and O–H groups in total. The minimum Gasteiger partial charge on any atom is -0.478 e. The minimum absolute atomic E-state index is 0.0587. The van der Waals surface area contributed by atoms with Crippen molar-refractivity contribution in [2.24, 2.45) is 0 Å². The Morgan fingerprint density at radius 2 is 2.13 bits per heavy atom. The van der Waals surface area contributed by atoms with Crippen LogP contribution in [0.5, 0.6) is 0 Å². The highest BCUT2D eigenvalue weighted by Crippen LogP contribution is 2.28. The molecule has 0 radical (unpaired) electrons. The average Bonchev–Trinajstić information content (AvgIpc) is 2.15. The summed E-state index contributed by atoms with van der Waals surface area (Å²) >= 11 is 0. The van der Waals surface area contributed by atoms with E-state index in [1.807, 2.05) is 0 Å². The van der Waals surface area contributed by atoms with Gasteiger partial charge in [0.15, 0.2) is 0 Å². The van der Waals surface area contributed by atoms with E-state index in [4.69, 9.17) is 10.4 Å². The van der Waals surface area contributed by atoms with Crippen LogP contribution >= 0.6 is 0 Å². The second-order valence-electron chi connectivity index (χ2n) is 2.92. The van der Waals surface area contributed by atoms with E-state index in [1.54, 1.807) is 6.07 Å². The molecule has 0 spiro atoms. The SMILES string of the molecule is Cc1c(C(=O)O)ccc(C#N)c1C(F)F. The second kappa shape index (κ2) is 4.05. The number of halogens is 2. The Kier molecular flexibility index (Phi) is 3.00.